The van der Waals surface area contributed by atoms with Gasteiger partial charge in [-0.1, -0.05) is 13.3 Å². The van der Waals surface area contributed by atoms with Gasteiger partial charge in [-0.3, -0.25) is 4.57 Å². The van der Waals surface area contributed by atoms with Gasteiger partial charge in [0.1, 0.15) is 0 Å². The van der Waals surface area contributed by atoms with Gasteiger partial charge in [-0.15, -0.1) is 0 Å². The summed E-state index contributed by atoms with van der Waals surface area (Å²) in [6, 6.07) is 0. The largest absolute Gasteiger partial charge is 0.391 e. The molecule has 0 aromatic heterocycles. The quantitative estimate of drug-likeness (QED) is 0.410. The maximum Gasteiger partial charge on any atom is 0.260 e. The first-order chi connectivity index (χ1) is 8.39. The molecule has 0 aliphatic rings. The van der Waals surface area contributed by atoms with E-state index in [-0.39, 0.29) is 25.9 Å². The first-order valence-corrected chi connectivity index (χ1v) is 8.21. The second-order valence-electron chi connectivity index (χ2n) is 4.10. The number of nitrogens with two attached hydrogens (primary N) is 1. The summed E-state index contributed by atoms with van der Waals surface area (Å²) in [6.45, 7) is 5.83. The van der Waals surface area contributed by atoms with E-state index in [0.717, 1.165) is 0 Å². The van der Waals surface area contributed by atoms with Crippen LogP contribution in [0.15, 0.2) is 0 Å². The second kappa shape index (κ2) is 8.25. The van der Waals surface area contributed by atoms with E-state index >= 15 is 0 Å². The average molecular weight is 283 g/mol. The molecule has 6 nitrogen and oxygen atoms in total. The molecule has 0 spiro atoms. The molecule has 1 unspecified atom stereocenters. The summed E-state index contributed by atoms with van der Waals surface area (Å²) in [5, 5.41) is 9.49. The molecular weight excluding hydrogens is 257 g/mol. The predicted octanol–water partition coefficient (Wildman–Crippen LogP) is 1.10. The van der Waals surface area contributed by atoms with Gasteiger partial charge in [0.2, 0.25) is 5.53 Å². The molecule has 0 aliphatic carbocycles. The van der Waals surface area contributed by atoms with Gasteiger partial charge in [0.25, 0.3) is 7.37 Å². The van der Waals surface area contributed by atoms with Crippen molar-refractivity contribution in [1.82, 2.24) is 0 Å². The molecular formula is C11H26NO5P. The Balaban J connectivity index is 5.16. The smallest absolute Gasteiger partial charge is 0.260 e. The van der Waals surface area contributed by atoms with Crippen molar-refractivity contribution in [3.05, 3.63) is 0 Å². The van der Waals surface area contributed by atoms with E-state index in [4.69, 9.17) is 15.2 Å². The Bertz CT molecular complexity index is 257. The second-order valence-corrected chi connectivity index (χ2v) is 6.55. The van der Waals surface area contributed by atoms with Crippen molar-refractivity contribution < 1.29 is 24.0 Å². The third-order valence-electron chi connectivity index (χ3n) is 2.57. The monoisotopic (exact) mass is 283 g/mol. The van der Waals surface area contributed by atoms with E-state index in [1.165, 1.54) is 0 Å². The lowest BCUT2D eigenvalue weighted by atomic mass is 10.3. The van der Waals surface area contributed by atoms with Crippen molar-refractivity contribution >= 4 is 7.37 Å². The Morgan fingerprint density at radius 1 is 1.28 bits per heavy atom. The van der Waals surface area contributed by atoms with E-state index in [9.17, 15) is 14.6 Å². The highest BCUT2D eigenvalue weighted by Crippen LogP contribution is 2.58. The number of hydrogen-bond acceptors (Lipinski definition) is 5. The van der Waals surface area contributed by atoms with E-state index in [1.807, 2.05) is 6.92 Å². The third kappa shape index (κ3) is 4.61. The molecule has 0 rings (SSSR count). The van der Waals surface area contributed by atoms with E-state index in [0.29, 0.717) is 12.8 Å². The van der Waals surface area contributed by atoms with Crippen molar-refractivity contribution in [2.45, 2.75) is 45.2 Å². The normalized spacial score (nSPS) is 17.4. The summed E-state index contributed by atoms with van der Waals surface area (Å²) in [5.74, 6) is 0. The van der Waals surface area contributed by atoms with Gasteiger partial charge in [0.15, 0.2) is 0 Å². The lowest BCUT2D eigenvalue weighted by Gasteiger charge is -2.37. The van der Waals surface area contributed by atoms with Gasteiger partial charge < -0.3 is 25.2 Å². The summed E-state index contributed by atoms with van der Waals surface area (Å²) < 4.78 is 23.3. The number of aliphatic hydroxyl groups is 1. The maximum atomic E-state index is 12.5. The fraction of sp³-hybridized carbons (Fsp3) is 1.00. The minimum Gasteiger partial charge on any atom is -0.391 e. The topological polar surface area (TPSA) is 102 Å². The Labute approximate surface area is 109 Å². The molecule has 2 atom stereocenters. The van der Waals surface area contributed by atoms with E-state index in [1.54, 1.807) is 13.8 Å². The molecule has 0 aliphatic heterocycles. The number of rotatable bonds is 10. The van der Waals surface area contributed by atoms with Gasteiger partial charge in [-0.2, -0.15) is 0 Å². The molecule has 0 aromatic rings. The lowest BCUT2D eigenvalue weighted by Crippen LogP contribution is -2.39. The zero-order chi connectivity index (χ0) is 14.2. The number of ether oxygens (including phenoxy) is 2. The highest BCUT2D eigenvalue weighted by Gasteiger charge is 2.49. The third-order valence-corrected chi connectivity index (χ3v) is 5.03. The zero-order valence-electron chi connectivity index (χ0n) is 11.5. The predicted molar refractivity (Wildman–Crippen MR) is 70.6 cm³/mol. The summed E-state index contributed by atoms with van der Waals surface area (Å²) in [5.41, 5.74) is 3.75. The van der Waals surface area contributed by atoms with Crippen molar-refractivity contribution in [2.75, 3.05) is 25.9 Å². The fourth-order valence-corrected chi connectivity index (χ4v) is 4.06. The zero-order valence-corrected chi connectivity index (χ0v) is 12.4. The Kier molecular flexibility index (Phi) is 8.26. The van der Waals surface area contributed by atoms with Crippen LogP contribution in [0.4, 0.5) is 0 Å². The minimum absolute atomic E-state index is 0.0645. The van der Waals surface area contributed by atoms with Crippen molar-refractivity contribution in [3.8, 4) is 0 Å². The van der Waals surface area contributed by atoms with Crippen LogP contribution in [0.25, 0.3) is 0 Å². The molecule has 4 N–H and O–H groups in total. The summed E-state index contributed by atoms with van der Waals surface area (Å²) >= 11 is 0. The van der Waals surface area contributed by atoms with Gasteiger partial charge in [0, 0.05) is 26.2 Å². The SMILES string of the molecule is CCCC(OCC)(OCC)P(=O)(O)C[C@@H](O)CN. The molecule has 7 heteroatoms. The molecule has 0 bridgehead atoms. The van der Waals surface area contributed by atoms with Crippen LogP contribution in [0.3, 0.4) is 0 Å². The van der Waals surface area contributed by atoms with Crippen LogP contribution < -0.4 is 5.73 Å². The fourth-order valence-electron chi connectivity index (χ4n) is 1.83. The van der Waals surface area contributed by atoms with Crippen molar-refractivity contribution in [3.63, 3.8) is 0 Å². The molecule has 0 saturated carbocycles. The number of hydrogen-bond donors (Lipinski definition) is 3. The molecule has 0 amide bonds. The Morgan fingerprint density at radius 3 is 2.11 bits per heavy atom. The van der Waals surface area contributed by atoms with Crippen LogP contribution in [0, 0.1) is 0 Å². The molecule has 0 fully saturated rings. The molecule has 0 radical (unpaired) electrons. The van der Waals surface area contributed by atoms with Crippen molar-refractivity contribution in [1.29, 1.82) is 0 Å². The summed E-state index contributed by atoms with van der Waals surface area (Å²) in [6.07, 6.45) is -0.398. The van der Waals surface area contributed by atoms with Crippen LogP contribution in [-0.2, 0) is 14.0 Å². The average Bonchev–Trinajstić information content (AvgIpc) is 2.29. The standard InChI is InChI=1S/C11H26NO5P/c1-4-7-11(16-5-2,17-6-3)18(14,15)9-10(13)8-12/h10,13H,4-9,12H2,1-3H3,(H,14,15)/t10-/m0/s1. The first-order valence-electron chi connectivity index (χ1n) is 6.37. The van der Waals surface area contributed by atoms with Crippen LogP contribution >= 0.6 is 7.37 Å². The lowest BCUT2D eigenvalue weighted by molar-refractivity contribution is -0.183. The van der Waals surface area contributed by atoms with Crippen molar-refractivity contribution in [2.24, 2.45) is 5.73 Å². The highest BCUT2D eigenvalue weighted by molar-refractivity contribution is 7.59. The molecule has 18 heavy (non-hydrogen) atoms. The number of aliphatic hydroxyl groups excluding tert-OH is 1. The van der Waals surface area contributed by atoms with Gasteiger partial charge in [-0.05, 0) is 13.8 Å². The van der Waals surface area contributed by atoms with Crippen LogP contribution in [-0.4, -0.2) is 47.6 Å². The Morgan fingerprint density at radius 2 is 1.78 bits per heavy atom. The summed E-state index contributed by atoms with van der Waals surface area (Å²) in [7, 11) is -3.83. The molecule has 0 heterocycles. The van der Waals surface area contributed by atoms with Gasteiger partial charge in [-0.25, -0.2) is 0 Å². The van der Waals surface area contributed by atoms with E-state index < -0.39 is 19.0 Å². The van der Waals surface area contributed by atoms with E-state index in [2.05, 4.69) is 0 Å². The van der Waals surface area contributed by atoms with Crippen LogP contribution in [0.5, 0.6) is 0 Å². The summed E-state index contributed by atoms with van der Waals surface area (Å²) in [4.78, 5) is 10.2. The molecule has 110 valence electrons. The van der Waals surface area contributed by atoms with Crippen LogP contribution in [0.2, 0.25) is 0 Å². The highest BCUT2D eigenvalue weighted by atomic mass is 31.2. The van der Waals surface area contributed by atoms with Gasteiger partial charge in [0.05, 0.1) is 12.3 Å². The van der Waals surface area contributed by atoms with Crippen LogP contribution in [0.1, 0.15) is 33.6 Å². The maximum absolute atomic E-state index is 12.5. The molecule has 0 saturated heterocycles. The minimum atomic E-state index is -3.83. The molecule has 0 aromatic carbocycles. The first kappa shape index (κ1) is 18.0. The Hall–Kier alpha value is 0.0300. The van der Waals surface area contributed by atoms with Gasteiger partial charge >= 0.3 is 0 Å².